The minimum absolute atomic E-state index is 0.150. The van der Waals surface area contributed by atoms with Gasteiger partial charge < -0.3 is 15.0 Å². The molecule has 2 atom stereocenters. The number of amides is 1. The smallest absolute Gasteiger partial charge is 0.227 e. The second-order valence-corrected chi connectivity index (χ2v) is 4.09. The van der Waals surface area contributed by atoms with Crippen LogP contribution in [0.2, 0.25) is 0 Å². The van der Waals surface area contributed by atoms with Gasteiger partial charge in [0.15, 0.2) is 0 Å². The van der Waals surface area contributed by atoms with Crippen LogP contribution in [0.15, 0.2) is 0 Å². The van der Waals surface area contributed by atoms with Crippen LogP contribution in [-0.4, -0.2) is 50.2 Å². The first-order valence-corrected chi connectivity index (χ1v) is 5.73. The van der Waals surface area contributed by atoms with Crippen LogP contribution in [0, 0.1) is 5.92 Å². The Morgan fingerprint density at radius 1 is 1.60 bits per heavy atom. The van der Waals surface area contributed by atoms with E-state index in [1.165, 1.54) is 0 Å². The molecule has 0 radical (unpaired) electrons. The first kappa shape index (κ1) is 12.5. The molecule has 0 aromatic carbocycles. The lowest BCUT2D eigenvalue weighted by atomic mass is 10.0. The van der Waals surface area contributed by atoms with E-state index in [4.69, 9.17) is 4.74 Å². The van der Waals surface area contributed by atoms with Crippen LogP contribution in [-0.2, 0) is 9.53 Å². The Labute approximate surface area is 92.0 Å². The Hall–Kier alpha value is -0.610. The molecule has 1 rings (SSSR count). The van der Waals surface area contributed by atoms with E-state index in [1.54, 1.807) is 4.90 Å². The van der Waals surface area contributed by atoms with Gasteiger partial charge >= 0.3 is 0 Å². The molecule has 2 unspecified atom stereocenters. The predicted molar refractivity (Wildman–Crippen MR) is 59.7 cm³/mol. The lowest BCUT2D eigenvalue weighted by Gasteiger charge is -2.23. The summed E-state index contributed by atoms with van der Waals surface area (Å²) in [5, 5.41) is 3.29. The van der Waals surface area contributed by atoms with Crippen LogP contribution in [0.4, 0.5) is 0 Å². The SMILES string of the molecule is CCOCCN(C)C(=O)C1CCNC1C. The Bertz CT molecular complexity index is 209. The second-order valence-electron chi connectivity index (χ2n) is 4.09. The number of carbonyl (C=O) groups is 1. The Morgan fingerprint density at radius 3 is 2.87 bits per heavy atom. The third-order valence-electron chi connectivity index (χ3n) is 2.99. The summed E-state index contributed by atoms with van der Waals surface area (Å²) in [6, 6.07) is 0.312. The van der Waals surface area contributed by atoms with Crippen molar-refractivity contribution in [2.24, 2.45) is 5.92 Å². The molecule has 1 fully saturated rings. The molecule has 0 aromatic rings. The standard InChI is InChI=1S/C11H22N2O2/c1-4-15-8-7-13(3)11(14)10-5-6-12-9(10)2/h9-10,12H,4-8H2,1-3H3. The third-order valence-corrected chi connectivity index (χ3v) is 2.99. The van der Waals surface area contributed by atoms with E-state index >= 15 is 0 Å². The van der Waals surface area contributed by atoms with Gasteiger partial charge in [0.25, 0.3) is 0 Å². The first-order valence-electron chi connectivity index (χ1n) is 5.73. The van der Waals surface area contributed by atoms with Crippen molar-refractivity contribution in [1.29, 1.82) is 0 Å². The number of ether oxygens (including phenoxy) is 1. The highest BCUT2D eigenvalue weighted by atomic mass is 16.5. The van der Waals surface area contributed by atoms with Gasteiger partial charge in [0.2, 0.25) is 5.91 Å². The topological polar surface area (TPSA) is 41.6 Å². The van der Waals surface area contributed by atoms with Crippen LogP contribution >= 0.6 is 0 Å². The maximum absolute atomic E-state index is 12.0. The van der Waals surface area contributed by atoms with Crippen molar-refractivity contribution in [3.8, 4) is 0 Å². The summed E-state index contributed by atoms with van der Waals surface area (Å²) in [6.07, 6.45) is 0.957. The summed E-state index contributed by atoms with van der Waals surface area (Å²) in [4.78, 5) is 13.8. The van der Waals surface area contributed by atoms with Crippen molar-refractivity contribution >= 4 is 5.91 Å². The lowest BCUT2D eigenvalue weighted by Crippen LogP contribution is -2.39. The van der Waals surface area contributed by atoms with Gasteiger partial charge in [-0.05, 0) is 26.8 Å². The van der Waals surface area contributed by atoms with Gasteiger partial charge in [0, 0.05) is 26.2 Å². The number of nitrogens with one attached hydrogen (secondary N) is 1. The number of hydrogen-bond acceptors (Lipinski definition) is 3. The van der Waals surface area contributed by atoms with Crippen molar-refractivity contribution in [3.63, 3.8) is 0 Å². The van der Waals surface area contributed by atoms with Gasteiger partial charge in [-0.1, -0.05) is 0 Å². The highest BCUT2D eigenvalue weighted by molar-refractivity contribution is 5.79. The molecule has 1 N–H and O–H groups in total. The van der Waals surface area contributed by atoms with E-state index in [1.807, 2.05) is 14.0 Å². The monoisotopic (exact) mass is 214 g/mol. The average molecular weight is 214 g/mol. The molecule has 88 valence electrons. The first-order chi connectivity index (χ1) is 7.16. The molecule has 0 saturated carbocycles. The molecular weight excluding hydrogens is 192 g/mol. The lowest BCUT2D eigenvalue weighted by molar-refractivity contribution is -0.135. The van der Waals surface area contributed by atoms with Crippen molar-refractivity contribution in [2.75, 3.05) is 33.4 Å². The molecule has 0 aliphatic carbocycles. The minimum atomic E-state index is 0.150. The van der Waals surface area contributed by atoms with Crippen molar-refractivity contribution < 1.29 is 9.53 Å². The Kier molecular flexibility index (Phi) is 5.05. The van der Waals surface area contributed by atoms with Gasteiger partial charge in [-0.3, -0.25) is 4.79 Å². The molecule has 1 saturated heterocycles. The maximum Gasteiger partial charge on any atom is 0.227 e. The van der Waals surface area contributed by atoms with Crippen LogP contribution in [0.1, 0.15) is 20.3 Å². The quantitative estimate of drug-likeness (QED) is 0.677. The molecule has 0 aromatic heterocycles. The Balaban J connectivity index is 2.31. The normalized spacial score (nSPS) is 25.5. The van der Waals surface area contributed by atoms with Crippen molar-refractivity contribution in [3.05, 3.63) is 0 Å². The van der Waals surface area contributed by atoms with E-state index in [9.17, 15) is 4.79 Å². The fourth-order valence-electron chi connectivity index (χ4n) is 1.94. The summed E-state index contributed by atoms with van der Waals surface area (Å²) in [5.74, 6) is 0.392. The average Bonchev–Trinajstić information content (AvgIpc) is 2.63. The number of carbonyl (C=O) groups excluding carboxylic acids is 1. The van der Waals surface area contributed by atoms with Crippen LogP contribution in [0.3, 0.4) is 0 Å². The van der Waals surface area contributed by atoms with E-state index in [2.05, 4.69) is 12.2 Å². The molecule has 1 aliphatic rings. The maximum atomic E-state index is 12.0. The molecule has 1 heterocycles. The van der Waals surface area contributed by atoms with Gasteiger partial charge in [-0.2, -0.15) is 0 Å². The molecule has 0 spiro atoms. The summed E-state index contributed by atoms with van der Waals surface area (Å²) in [6.45, 7) is 7.03. The van der Waals surface area contributed by atoms with E-state index in [0.29, 0.717) is 25.8 Å². The molecule has 15 heavy (non-hydrogen) atoms. The highest BCUT2D eigenvalue weighted by Gasteiger charge is 2.31. The molecule has 1 amide bonds. The summed E-state index contributed by atoms with van der Waals surface area (Å²) >= 11 is 0. The van der Waals surface area contributed by atoms with E-state index in [0.717, 1.165) is 13.0 Å². The number of likely N-dealkylation sites (N-methyl/N-ethyl adjacent to an activating group) is 1. The number of hydrogen-bond donors (Lipinski definition) is 1. The zero-order valence-corrected chi connectivity index (χ0v) is 9.95. The highest BCUT2D eigenvalue weighted by Crippen LogP contribution is 2.17. The van der Waals surface area contributed by atoms with E-state index in [-0.39, 0.29) is 11.8 Å². The molecule has 4 heteroatoms. The van der Waals surface area contributed by atoms with Gasteiger partial charge in [-0.25, -0.2) is 0 Å². The Morgan fingerprint density at radius 2 is 2.33 bits per heavy atom. The molecular formula is C11H22N2O2. The predicted octanol–water partition coefficient (Wildman–Crippen LogP) is 0.479. The largest absolute Gasteiger partial charge is 0.380 e. The third kappa shape index (κ3) is 3.47. The van der Waals surface area contributed by atoms with Crippen molar-refractivity contribution in [1.82, 2.24) is 10.2 Å². The van der Waals surface area contributed by atoms with Gasteiger partial charge in [0.05, 0.1) is 12.5 Å². The van der Waals surface area contributed by atoms with E-state index < -0.39 is 0 Å². The summed E-state index contributed by atoms with van der Waals surface area (Å²) in [7, 11) is 1.85. The summed E-state index contributed by atoms with van der Waals surface area (Å²) < 4.78 is 5.23. The van der Waals surface area contributed by atoms with Crippen LogP contribution in [0.5, 0.6) is 0 Å². The van der Waals surface area contributed by atoms with Gasteiger partial charge in [0.1, 0.15) is 0 Å². The van der Waals surface area contributed by atoms with Crippen LogP contribution in [0.25, 0.3) is 0 Å². The van der Waals surface area contributed by atoms with Crippen LogP contribution < -0.4 is 5.32 Å². The molecule has 4 nitrogen and oxygen atoms in total. The zero-order valence-electron chi connectivity index (χ0n) is 9.95. The number of rotatable bonds is 5. The second kappa shape index (κ2) is 6.08. The van der Waals surface area contributed by atoms with Crippen molar-refractivity contribution in [2.45, 2.75) is 26.3 Å². The minimum Gasteiger partial charge on any atom is -0.380 e. The molecule has 1 aliphatic heterocycles. The number of nitrogens with zero attached hydrogens (tertiary/aromatic N) is 1. The summed E-state index contributed by atoms with van der Waals surface area (Å²) in [5.41, 5.74) is 0. The molecule has 0 bridgehead atoms. The zero-order chi connectivity index (χ0) is 11.3. The fraction of sp³-hybridized carbons (Fsp3) is 0.909. The fourth-order valence-corrected chi connectivity index (χ4v) is 1.94. The van der Waals surface area contributed by atoms with Gasteiger partial charge in [-0.15, -0.1) is 0 Å².